The van der Waals surface area contributed by atoms with E-state index in [-0.39, 0.29) is 50.6 Å². The van der Waals surface area contributed by atoms with Gasteiger partial charge in [-0.2, -0.15) is 12.8 Å². The third-order valence-electron chi connectivity index (χ3n) is 4.27. The molecule has 0 amide bonds. The topological polar surface area (TPSA) is 127 Å². The first kappa shape index (κ1) is 42.3. The Labute approximate surface area is 220 Å². The predicted octanol–water partition coefficient (Wildman–Crippen LogP) is 3.51. The van der Waals surface area contributed by atoms with E-state index in [4.69, 9.17) is 10.2 Å². The zero-order chi connectivity index (χ0) is 26.4. The molecule has 0 spiro atoms. The van der Waals surface area contributed by atoms with Crippen LogP contribution in [0.2, 0.25) is 0 Å². The molecule has 0 aliphatic carbocycles. The standard InChI is InChI=1S/2C9H15O3.2C3H8O.Zr/c2*1-5-9(2,3)7(10)6-8(11)12-4;2*1-2-3-4;/h2*1,5-6H2,2-4H3;2*4H,2-3H2,1H3;/q2*-1;;;+2. The van der Waals surface area contributed by atoms with Crippen LogP contribution in [0.25, 0.3) is 0 Å². The number of aliphatic hydroxyl groups is 2. The van der Waals surface area contributed by atoms with Gasteiger partial charge in [-0.25, -0.2) is 0 Å². The number of aliphatic hydroxyl groups excluding tert-OH is 2. The monoisotopic (exact) mass is 552 g/mol. The van der Waals surface area contributed by atoms with Crippen molar-refractivity contribution in [3.05, 3.63) is 13.8 Å². The largest absolute Gasteiger partial charge is 2.00 e. The Kier molecular flexibility index (Phi) is 32.9. The molecule has 0 aliphatic heterocycles. The molecule has 9 heteroatoms. The third kappa shape index (κ3) is 27.2. The molecule has 0 radical (unpaired) electrons. The fourth-order valence-corrected chi connectivity index (χ4v) is 1.16. The van der Waals surface area contributed by atoms with E-state index >= 15 is 0 Å². The Morgan fingerprint density at radius 1 is 0.697 bits per heavy atom. The molecule has 194 valence electrons. The van der Waals surface area contributed by atoms with Gasteiger partial charge in [-0.05, 0) is 23.7 Å². The molecule has 0 fully saturated rings. The van der Waals surface area contributed by atoms with E-state index in [1.807, 2.05) is 13.8 Å². The van der Waals surface area contributed by atoms with E-state index in [0.29, 0.717) is 26.1 Å². The van der Waals surface area contributed by atoms with Crippen LogP contribution in [0.15, 0.2) is 0 Å². The summed E-state index contributed by atoms with van der Waals surface area (Å²) in [6.45, 7) is 18.9. The van der Waals surface area contributed by atoms with Gasteiger partial charge in [-0.1, -0.05) is 41.5 Å². The smallest absolute Gasteiger partial charge is 0.469 e. The molecular formula is C24H46O8Zr. The number of rotatable bonds is 10. The van der Waals surface area contributed by atoms with E-state index in [1.165, 1.54) is 14.2 Å². The van der Waals surface area contributed by atoms with Crippen LogP contribution < -0.4 is 0 Å². The zero-order valence-corrected chi connectivity index (χ0v) is 24.4. The molecule has 8 nitrogen and oxygen atoms in total. The summed E-state index contributed by atoms with van der Waals surface area (Å²) in [4.78, 5) is 44.1. The predicted molar refractivity (Wildman–Crippen MR) is 126 cm³/mol. The molecule has 0 aromatic heterocycles. The molecule has 0 unspecified atom stereocenters. The van der Waals surface area contributed by atoms with Gasteiger partial charge < -0.3 is 33.5 Å². The number of ether oxygens (including phenoxy) is 2. The van der Waals surface area contributed by atoms with Crippen LogP contribution in [0, 0.1) is 24.7 Å². The van der Waals surface area contributed by atoms with E-state index in [2.05, 4.69) is 23.3 Å². The Hall–Kier alpha value is -0.917. The van der Waals surface area contributed by atoms with Crippen LogP contribution in [-0.4, -0.2) is 61.2 Å². The molecule has 2 N–H and O–H groups in total. The van der Waals surface area contributed by atoms with Crippen molar-refractivity contribution in [1.82, 2.24) is 0 Å². The minimum Gasteiger partial charge on any atom is -0.469 e. The van der Waals surface area contributed by atoms with Crippen LogP contribution in [0.4, 0.5) is 0 Å². The number of esters is 2. The van der Waals surface area contributed by atoms with Crippen molar-refractivity contribution in [1.29, 1.82) is 0 Å². The van der Waals surface area contributed by atoms with Crippen LogP contribution in [0.3, 0.4) is 0 Å². The summed E-state index contributed by atoms with van der Waals surface area (Å²) in [5.74, 6) is -1.21. The van der Waals surface area contributed by atoms with Crippen LogP contribution >= 0.6 is 0 Å². The van der Waals surface area contributed by atoms with Crippen LogP contribution in [0.1, 0.15) is 80.1 Å². The Morgan fingerprint density at radius 3 is 1.03 bits per heavy atom. The number of hydrogen-bond donors (Lipinski definition) is 2. The molecule has 0 atom stereocenters. The number of Topliss-reactive ketones (excluding diaryl/α,β-unsaturated/α-hetero) is 2. The first-order valence-electron chi connectivity index (χ1n) is 10.7. The SMILES string of the molecule is CCCO.CCCO.[CH2-]CC(C)(C)C(=O)CC(=O)OC.[CH2-]CC(C)(C)C(=O)CC(=O)OC.[Zr+2]. The van der Waals surface area contributed by atoms with Crippen LogP contribution in [-0.2, 0) is 54.9 Å². The van der Waals surface area contributed by atoms with Gasteiger partial charge in [-0.3, -0.25) is 19.2 Å². The average molecular weight is 554 g/mol. The summed E-state index contributed by atoms with van der Waals surface area (Å²) in [7, 11) is 2.54. The van der Waals surface area contributed by atoms with Gasteiger partial charge in [0.1, 0.15) is 24.4 Å². The number of hydrogen-bond acceptors (Lipinski definition) is 8. The Balaban J connectivity index is -0.000000117. The number of methoxy groups -OCH3 is 2. The second-order valence-electron chi connectivity index (χ2n) is 8.07. The van der Waals surface area contributed by atoms with Gasteiger partial charge in [0.2, 0.25) is 0 Å². The molecule has 0 aromatic carbocycles. The quantitative estimate of drug-likeness (QED) is 0.239. The molecule has 33 heavy (non-hydrogen) atoms. The zero-order valence-electron chi connectivity index (χ0n) is 21.9. The van der Waals surface area contributed by atoms with E-state index in [0.717, 1.165) is 12.8 Å². The number of ketones is 2. The summed E-state index contributed by atoms with van der Waals surface area (Å²) in [6, 6.07) is 0. The molecular weight excluding hydrogens is 507 g/mol. The first-order chi connectivity index (χ1) is 14.7. The van der Waals surface area contributed by atoms with Gasteiger partial charge >= 0.3 is 38.1 Å². The second kappa shape index (κ2) is 25.7. The molecule has 0 rings (SSSR count). The van der Waals surface area contributed by atoms with Crippen molar-refractivity contribution in [3.8, 4) is 0 Å². The second-order valence-corrected chi connectivity index (χ2v) is 8.07. The Morgan fingerprint density at radius 2 is 0.909 bits per heavy atom. The van der Waals surface area contributed by atoms with Gasteiger partial charge in [-0.15, -0.1) is 0 Å². The normalized spacial score (nSPS) is 9.82. The summed E-state index contributed by atoms with van der Waals surface area (Å²) in [6.07, 6.45) is 2.42. The van der Waals surface area contributed by atoms with Gasteiger partial charge in [0.25, 0.3) is 0 Å². The summed E-state index contributed by atoms with van der Waals surface area (Å²) in [5, 5.41) is 15.8. The van der Waals surface area contributed by atoms with Crippen LogP contribution in [0.5, 0.6) is 0 Å². The van der Waals surface area contributed by atoms with E-state index < -0.39 is 22.8 Å². The van der Waals surface area contributed by atoms with Crippen molar-refractivity contribution in [3.63, 3.8) is 0 Å². The summed E-state index contributed by atoms with van der Waals surface area (Å²) < 4.78 is 8.76. The average Bonchev–Trinajstić information content (AvgIpc) is 2.79. The van der Waals surface area contributed by atoms with Crippen molar-refractivity contribution >= 4 is 23.5 Å². The van der Waals surface area contributed by atoms with Crippen molar-refractivity contribution < 1.29 is 65.1 Å². The van der Waals surface area contributed by atoms with Gasteiger partial charge in [0.15, 0.2) is 0 Å². The fourth-order valence-electron chi connectivity index (χ4n) is 1.16. The van der Waals surface area contributed by atoms with Gasteiger partial charge in [0.05, 0.1) is 14.2 Å². The van der Waals surface area contributed by atoms with Crippen molar-refractivity contribution in [2.24, 2.45) is 10.8 Å². The third-order valence-corrected chi connectivity index (χ3v) is 4.27. The molecule has 0 saturated heterocycles. The van der Waals surface area contributed by atoms with E-state index in [1.54, 1.807) is 27.7 Å². The first-order valence-corrected chi connectivity index (χ1v) is 10.7. The summed E-state index contributed by atoms with van der Waals surface area (Å²) in [5.41, 5.74) is -1.04. The maximum atomic E-state index is 11.3. The fraction of sp³-hybridized carbons (Fsp3) is 0.750. The maximum Gasteiger partial charge on any atom is 2.00 e. The Bertz CT molecular complexity index is 467. The molecule has 0 aliphatic rings. The summed E-state index contributed by atoms with van der Waals surface area (Å²) >= 11 is 0. The van der Waals surface area contributed by atoms with Crippen molar-refractivity contribution in [2.75, 3.05) is 27.4 Å². The molecule has 0 heterocycles. The van der Waals surface area contributed by atoms with E-state index in [9.17, 15) is 19.2 Å². The molecule has 0 saturated carbocycles. The minimum atomic E-state index is -0.520. The molecule has 0 bridgehead atoms. The number of carbonyl (C=O) groups excluding carboxylic acids is 4. The van der Waals surface area contributed by atoms with Gasteiger partial charge in [0, 0.05) is 13.2 Å². The molecule has 0 aromatic rings. The minimum absolute atomic E-state index is 0. The van der Waals surface area contributed by atoms with Crippen molar-refractivity contribution in [2.45, 2.75) is 80.1 Å². The maximum absolute atomic E-state index is 11.3. The number of carbonyl (C=O) groups is 4.